The molecular formula is C25H36N4O2+2. The summed E-state index contributed by atoms with van der Waals surface area (Å²) in [6.07, 6.45) is 0.901. The van der Waals surface area contributed by atoms with Crippen LogP contribution < -0.4 is 15.1 Å². The first-order chi connectivity index (χ1) is 15.1. The lowest BCUT2D eigenvalue weighted by molar-refractivity contribution is -1.00. The Balaban J connectivity index is 1.42. The van der Waals surface area contributed by atoms with Crippen LogP contribution in [-0.4, -0.2) is 62.5 Å². The second-order valence-corrected chi connectivity index (χ2v) is 8.31. The topological polar surface area (TPSA) is 58.3 Å². The fourth-order valence-corrected chi connectivity index (χ4v) is 4.19. The van der Waals surface area contributed by atoms with Gasteiger partial charge in [0.25, 0.3) is 11.8 Å². The number of benzene rings is 2. The summed E-state index contributed by atoms with van der Waals surface area (Å²) in [5.74, 6) is 0.272. The number of quaternary nitrogens is 2. The van der Waals surface area contributed by atoms with E-state index in [-0.39, 0.29) is 11.8 Å². The van der Waals surface area contributed by atoms with E-state index in [1.54, 1.807) is 0 Å². The van der Waals surface area contributed by atoms with E-state index in [1.807, 2.05) is 48.2 Å². The Kier molecular flexibility index (Phi) is 8.62. The van der Waals surface area contributed by atoms with E-state index in [4.69, 9.17) is 0 Å². The van der Waals surface area contributed by atoms with Crippen molar-refractivity contribution in [3.63, 3.8) is 0 Å². The van der Waals surface area contributed by atoms with Crippen LogP contribution in [0, 0.1) is 0 Å². The Morgan fingerprint density at radius 2 is 1.48 bits per heavy atom. The van der Waals surface area contributed by atoms with Gasteiger partial charge < -0.3 is 20.0 Å². The first kappa shape index (κ1) is 23.0. The van der Waals surface area contributed by atoms with E-state index < -0.39 is 0 Å². The highest BCUT2D eigenvalue weighted by Gasteiger charge is 2.27. The smallest absolute Gasteiger partial charge is 0.279 e. The van der Waals surface area contributed by atoms with Gasteiger partial charge in [0, 0.05) is 18.8 Å². The first-order valence-corrected chi connectivity index (χ1v) is 11.5. The van der Waals surface area contributed by atoms with Gasteiger partial charge in [-0.05, 0) is 30.5 Å². The van der Waals surface area contributed by atoms with E-state index >= 15 is 0 Å². The molecule has 0 spiro atoms. The number of carbonyl (C=O) groups is 2. The zero-order valence-electron chi connectivity index (χ0n) is 18.8. The van der Waals surface area contributed by atoms with Gasteiger partial charge in [-0.25, -0.2) is 0 Å². The molecule has 31 heavy (non-hydrogen) atoms. The third kappa shape index (κ3) is 6.91. The fourth-order valence-electron chi connectivity index (χ4n) is 4.19. The number of anilines is 1. The Morgan fingerprint density at radius 1 is 0.871 bits per heavy atom. The first-order valence-electron chi connectivity index (χ1n) is 11.5. The molecular weight excluding hydrogens is 388 g/mol. The standard InChI is InChI=1S/C25H34N4O2/c1-3-22-12-8-9-13-23(22)26-24(30)19-27-14-16-28(17-15-27)20-25(31)29(4-2)18-21-10-6-5-7-11-21/h5-13H,3-4,14-20H2,1-2H3,(H,26,30)/p+2. The zero-order chi connectivity index (χ0) is 22.1. The van der Waals surface area contributed by atoms with Crippen molar-refractivity contribution in [2.75, 3.05) is 51.1 Å². The Morgan fingerprint density at radius 3 is 2.13 bits per heavy atom. The number of piperazine rings is 1. The van der Waals surface area contributed by atoms with Crippen LogP contribution in [0.5, 0.6) is 0 Å². The van der Waals surface area contributed by atoms with Crippen LogP contribution in [0.3, 0.4) is 0 Å². The van der Waals surface area contributed by atoms with E-state index in [2.05, 4.69) is 30.4 Å². The molecule has 0 aromatic heterocycles. The molecule has 0 saturated carbocycles. The number of nitrogens with one attached hydrogen (secondary N) is 3. The second kappa shape index (κ2) is 11.6. The number of aryl methyl sites for hydroxylation is 1. The molecule has 1 saturated heterocycles. The minimum absolute atomic E-state index is 0.0652. The predicted molar refractivity (Wildman–Crippen MR) is 123 cm³/mol. The zero-order valence-corrected chi connectivity index (χ0v) is 18.8. The average molecular weight is 425 g/mol. The summed E-state index contributed by atoms with van der Waals surface area (Å²) >= 11 is 0. The second-order valence-electron chi connectivity index (χ2n) is 8.31. The molecule has 1 fully saturated rings. The van der Waals surface area contributed by atoms with E-state index in [0.29, 0.717) is 19.6 Å². The fraction of sp³-hybridized carbons (Fsp3) is 0.440. The molecule has 2 amide bonds. The number of amides is 2. The summed E-state index contributed by atoms with van der Waals surface area (Å²) in [5.41, 5.74) is 3.24. The monoisotopic (exact) mass is 424 g/mol. The third-order valence-electron chi connectivity index (χ3n) is 6.10. The predicted octanol–water partition coefficient (Wildman–Crippen LogP) is 0.0196. The van der Waals surface area contributed by atoms with Crippen molar-refractivity contribution < 1.29 is 19.4 Å². The molecule has 6 nitrogen and oxygen atoms in total. The third-order valence-corrected chi connectivity index (χ3v) is 6.10. The van der Waals surface area contributed by atoms with Gasteiger partial charge in [0.1, 0.15) is 26.2 Å². The molecule has 0 atom stereocenters. The van der Waals surface area contributed by atoms with Gasteiger partial charge in [0.05, 0.1) is 0 Å². The van der Waals surface area contributed by atoms with Crippen LogP contribution in [0.2, 0.25) is 0 Å². The van der Waals surface area contributed by atoms with Crippen LogP contribution in [0.15, 0.2) is 54.6 Å². The highest BCUT2D eigenvalue weighted by molar-refractivity contribution is 5.92. The summed E-state index contributed by atoms with van der Waals surface area (Å²) in [6, 6.07) is 18.1. The van der Waals surface area contributed by atoms with Crippen LogP contribution >= 0.6 is 0 Å². The van der Waals surface area contributed by atoms with Crippen molar-refractivity contribution in [1.29, 1.82) is 0 Å². The molecule has 0 radical (unpaired) electrons. The maximum absolute atomic E-state index is 12.8. The lowest BCUT2D eigenvalue weighted by Gasteiger charge is -2.30. The minimum Gasteiger partial charge on any atom is -0.334 e. The van der Waals surface area contributed by atoms with Crippen molar-refractivity contribution in [3.8, 4) is 0 Å². The number of rotatable bonds is 9. The van der Waals surface area contributed by atoms with Gasteiger partial charge >= 0.3 is 0 Å². The number of para-hydroxylation sites is 1. The largest absolute Gasteiger partial charge is 0.334 e. The molecule has 1 heterocycles. The van der Waals surface area contributed by atoms with E-state index in [9.17, 15) is 9.59 Å². The molecule has 6 heteroatoms. The normalized spacial score (nSPS) is 18.4. The van der Waals surface area contributed by atoms with Crippen molar-refractivity contribution in [1.82, 2.24) is 4.90 Å². The highest BCUT2D eigenvalue weighted by atomic mass is 16.2. The van der Waals surface area contributed by atoms with Crippen molar-refractivity contribution in [2.24, 2.45) is 0 Å². The van der Waals surface area contributed by atoms with Gasteiger partial charge in [0.15, 0.2) is 13.1 Å². The summed E-state index contributed by atoms with van der Waals surface area (Å²) in [6.45, 7) is 10.2. The average Bonchev–Trinajstić information content (AvgIpc) is 2.79. The Labute approximate surface area is 185 Å². The maximum Gasteiger partial charge on any atom is 0.279 e. The van der Waals surface area contributed by atoms with Gasteiger partial charge in [-0.15, -0.1) is 0 Å². The SMILES string of the molecule is CCc1ccccc1NC(=O)C[NH+]1CC[NH+](CC(=O)N(CC)Cc2ccccc2)CC1. The summed E-state index contributed by atoms with van der Waals surface area (Å²) < 4.78 is 0. The summed E-state index contributed by atoms with van der Waals surface area (Å²) in [7, 11) is 0. The maximum atomic E-state index is 12.8. The molecule has 0 unspecified atom stereocenters. The summed E-state index contributed by atoms with van der Waals surface area (Å²) in [5, 5.41) is 3.07. The number of hydrogen-bond donors (Lipinski definition) is 3. The molecule has 2 aromatic rings. The van der Waals surface area contributed by atoms with Crippen molar-refractivity contribution in [3.05, 3.63) is 65.7 Å². The van der Waals surface area contributed by atoms with Gasteiger partial charge in [0.2, 0.25) is 0 Å². The Bertz CT molecular complexity index is 848. The van der Waals surface area contributed by atoms with Crippen molar-refractivity contribution >= 4 is 17.5 Å². The van der Waals surface area contributed by atoms with Crippen LogP contribution in [-0.2, 0) is 22.6 Å². The van der Waals surface area contributed by atoms with Gasteiger partial charge in [-0.2, -0.15) is 0 Å². The highest BCUT2D eigenvalue weighted by Crippen LogP contribution is 2.14. The van der Waals surface area contributed by atoms with Gasteiger partial charge in [-0.3, -0.25) is 9.59 Å². The molecule has 1 aliphatic heterocycles. The number of likely N-dealkylation sites (N-methyl/N-ethyl adjacent to an activating group) is 1. The molecule has 1 aliphatic rings. The lowest BCUT2D eigenvalue weighted by Crippen LogP contribution is -3.28. The van der Waals surface area contributed by atoms with Gasteiger partial charge in [-0.1, -0.05) is 55.5 Å². The van der Waals surface area contributed by atoms with Crippen LogP contribution in [0.4, 0.5) is 5.69 Å². The number of carbonyl (C=O) groups excluding carboxylic acids is 2. The van der Waals surface area contributed by atoms with E-state index in [0.717, 1.165) is 56.0 Å². The van der Waals surface area contributed by atoms with Crippen LogP contribution in [0.25, 0.3) is 0 Å². The minimum atomic E-state index is 0.0652. The molecule has 166 valence electrons. The number of hydrogen-bond acceptors (Lipinski definition) is 2. The lowest BCUT2D eigenvalue weighted by atomic mass is 10.1. The molecule has 3 rings (SSSR count). The van der Waals surface area contributed by atoms with E-state index in [1.165, 1.54) is 9.80 Å². The van der Waals surface area contributed by atoms with Crippen molar-refractivity contribution in [2.45, 2.75) is 26.8 Å². The Hall–Kier alpha value is -2.70. The summed E-state index contributed by atoms with van der Waals surface area (Å²) in [4.78, 5) is 29.9. The van der Waals surface area contributed by atoms with Crippen LogP contribution in [0.1, 0.15) is 25.0 Å². The molecule has 3 N–H and O–H groups in total. The molecule has 2 aromatic carbocycles. The number of nitrogens with zero attached hydrogens (tertiary/aromatic N) is 1. The molecule has 0 bridgehead atoms. The quantitative estimate of drug-likeness (QED) is 0.532. The molecule has 0 aliphatic carbocycles.